The van der Waals surface area contributed by atoms with Gasteiger partial charge in [-0.3, -0.25) is 18.7 Å². The molecule has 3 aromatic rings. The number of aromatic nitrogens is 2. The zero-order valence-corrected chi connectivity index (χ0v) is 17.7. The summed E-state index contributed by atoms with van der Waals surface area (Å²) in [5.41, 5.74) is 0.615. The lowest BCUT2D eigenvalue weighted by molar-refractivity contribution is -0.121. The molecular weight excluding hydrogens is 406 g/mol. The summed E-state index contributed by atoms with van der Waals surface area (Å²) in [4.78, 5) is 38.3. The second kappa shape index (κ2) is 8.35. The van der Waals surface area contributed by atoms with Crippen LogP contribution in [0.1, 0.15) is 25.8 Å². The van der Waals surface area contributed by atoms with Crippen molar-refractivity contribution in [2.24, 2.45) is 5.92 Å². The molecule has 0 bridgehead atoms. The first-order chi connectivity index (χ1) is 14.4. The normalized spacial score (nSPS) is 12.6. The number of hydrogen-bond acceptors (Lipinski definition) is 6. The maximum Gasteiger partial charge on any atom is 0.332 e. The Hall–Kier alpha value is -3.07. The molecular formula is C21H23N3O5S. The minimum atomic E-state index is -0.454. The third-order valence-corrected chi connectivity index (χ3v) is 5.89. The summed E-state index contributed by atoms with van der Waals surface area (Å²) in [6.07, 6.45) is 0.711. The van der Waals surface area contributed by atoms with Crippen LogP contribution >= 0.6 is 11.3 Å². The van der Waals surface area contributed by atoms with Gasteiger partial charge in [0, 0.05) is 13.1 Å². The van der Waals surface area contributed by atoms with Gasteiger partial charge in [-0.25, -0.2) is 4.79 Å². The number of carbonyl (C=O) groups excluding carboxylic acids is 1. The van der Waals surface area contributed by atoms with Gasteiger partial charge >= 0.3 is 5.69 Å². The lowest BCUT2D eigenvalue weighted by atomic mass is 10.1. The molecule has 30 heavy (non-hydrogen) atoms. The Kier molecular flexibility index (Phi) is 5.63. The number of rotatable bonds is 7. The van der Waals surface area contributed by atoms with E-state index in [1.54, 1.807) is 17.5 Å². The predicted octanol–water partition coefficient (Wildman–Crippen LogP) is 2.32. The molecule has 0 saturated heterocycles. The molecule has 0 aliphatic carbocycles. The molecule has 3 heterocycles. The zero-order valence-electron chi connectivity index (χ0n) is 16.8. The van der Waals surface area contributed by atoms with Crippen LogP contribution in [0, 0.1) is 5.92 Å². The standard InChI is InChI=1S/C21H23N3O5S/c1-13(2)5-7-23-20(26)19-15(6-8-30-19)24(21(23)27)11-18(25)22-10-14-3-4-16-17(9-14)29-12-28-16/h3-4,6,8-9,13H,5,7,10-12H2,1-2H3,(H,22,25). The number of nitrogens with one attached hydrogen (secondary N) is 1. The highest BCUT2D eigenvalue weighted by Gasteiger charge is 2.17. The van der Waals surface area contributed by atoms with Gasteiger partial charge in [0.05, 0.1) is 5.52 Å². The number of fused-ring (bicyclic) bond motifs is 2. The van der Waals surface area contributed by atoms with Crippen molar-refractivity contribution in [2.45, 2.75) is 39.9 Å². The van der Waals surface area contributed by atoms with E-state index in [9.17, 15) is 14.4 Å². The van der Waals surface area contributed by atoms with E-state index < -0.39 is 5.69 Å². The van der Waals surface area contributed by atoms with Gasteiger partial charge in [-0.05, 0) is 41.5 Å². The van der Waals surface area contributed by atoms with Gasteiger partial charge < -0.3 is 14.8 Å². The first kappa shape index (κ1) is 20.2. The van der Waals surface area contributed by atoms with E-state index in [4.69, 9.17) is 9.47 Å². The maximum atomic E-state index is 13.0. The van der Waals surface area contributed by atoms with Gasteiger partial charge in [0.25, 0.3) is 5.56 Å². The average Bonchev–Trinajstić information content (AvgIpc) is 3.38. The number of amides is 1. The van der Waals surface area contributed by atoms with Crippen LogP contribution in [-0.4, -0.2) is 21.8 Å². The highest BCUT2D eigenvalue weighted by molar-refractivity contribution is 7.17. The molecule has 1 N–H and O–H groups in total. The average molecular weight is 429 g/mol. The van der Waals surface area contributed by atoms with Gasteiger partial charge in [0.2, 0.25) is 12.7 Å². The lowest BCUT2D eigenvalue weighted by Gasteiger charge is -2.13. The summed E-state index contributed by atoms with van der Waals surface area (Å²) >= 11 is 1.28. The molecule has 0 saturated carbocycles. The maximum absolute atomic E-state index is 13.0. The van der Waals surface area contributed by atoms with Crippen LogP contribution in [0.15, 0.2) is 39.2 Å². The van der Waals surface area contributed by atoms with Crippen molar-refractivity contribution in [3.63, 3.8) is 0 Å². The summed E-state index contributed by atoms with van der Waals surface area (Å²) in [6.45, 7) is 4.75. The second-order valence-corrected chi connectivity index (χ2v) is 8.52. The molecule has 9 heteroatoms. The number of thiophene rings is 1. The highest BCUT2D eigenvalue weighted by atomic mass is 32.1. The van der Waals surface area contributed by atoms with Crippen LogP contribution in [0.25, 0.3) is 10.2 Å². The van der Waals surface area contributed by atoms with Crippen LogP contribution in [0.3, 0.4) is 0 Å². The third kappa shape index (κ3) is 3.97. The van der Waals surface area contributed by atoms with Crippen molar-refractivity contribution in [2.75, 3.05) is 6.79 Å². The highest BCUT2D eigenvalue weighted by Crippen LogP contribution is 2.32. The quantitative estimate of drug-likeness (QED) is 0.622. The smallest absolute Gasteiger partial charge is 0.332 e. The van der Waals surface area contributed by atoms with Gasteiger partial charge in [0.15, 0.2) is 11.5 Å². The van der Waals surface area contributed by atoms with Crippen molar-refractivity contribution >= 4 is 27.5 Å². The van der Waals surface area contributed by atoms with Crippen molar-refractivity contribution in [1.82, 2.24) is 14.5 Å². The fraction of sp³-hybridized carbons (Fsp3) is 0.381. The molecule has 1 aliphatic heterocycles. The zero-order chi connectivity index (χ0) is 21.3. The van der Waals surface area contributed by atoms with Crippen LogP contribution in [0.4, 0.5) is 0 Å². The fourth-order valence-corrected chi connectivity index (χ4v) is 4.16. The first-order valence-corrected chi connectivity index (χ1v) is 10.7. The van der Waals surface area contributed by atoms with Crippen molar-refractivity contribution in [3.8, 4) is 11.5 Å². The van der Waals surface area contributed by atoms with Gasteiger partial charge in [0.1, 0.15) is 11.2 Å². The Morgan fingerprint density at radius 3 is 2.77 bits per heavy atom. The monoisotopic (exact) mass is 429 g/mol. The van der Waals surface area contributed by atoms with E-state index in [1.807, 2.05) is 26.0 Å². The molecule has 0 radical (unpaired) electrons. The lowest BCUT2D eigenvalue weighted by Crippen LogP contribution is -2.42. The van der Waals surface area contributed by atoms with Crippen LogP contribution in [0.2, 0.25) is 0 Å². The molecule has 8 nitrogen and oxygen atoms in total. The number of carbonyl (C=O) groups is 1. The van der Waals surface area contributed by atoms with E-state index >= 15 is 0 Å². The fourth-order valence-electron chi connectivity index (χ4n) is 3.32. The summed E-state index contributed by atoms with van der Waals surface area (Å²) in [5, 5.41) is 4.59. The number of benzene rings is 1. The minimum absolute atomic E-state index is 0.154. The first-order valence-electron chi connectivity index (χ1n) is 9.80. The van der Waals surface area contributed by atoms with Gasteiger partial charge in [-0.2, -0.15) is 0 Å². The molecule has 0 spiro atoms. The largest absolute Gasteiger partial charge is 0.454 e. The summed E-state index contributed by atoms with van der Waals surface area (Å²) in [7, 11) is 0. The Labute approximate surface area is 176 Å². The molecule has 1 aliphatic rings. The number of hydrogen-bond donors (Lipinski definition) is 1. The predicted molar refractivity (Wildman–Crippen MR) is 114 cm³/mol. The molecule has 0 atom stereocenters. The van der Waals surface area contributed by atoms with E-state index in [1.165, 1.54) is 20.5 Å². The van der Waals surface area contributed by atoms with Crippen LogP contribution in [-0.2, 0) is 24.4 Å². The van der Waals surface area contributed by atoms with Crippen molar-refractivity contribution in [1.29, 1.82) is 0 Å². The number of ether oxygens (including phenoxy) is 2. The third-order valence-electron chi connectivity index (χ3n) is 4.99. The topological polar surface area (TPSA) is 91.6 Å². The minimum Gasteiger partial charge on any atom is -0.454 e. The molecule has 158 valence electrons. The van der Waals surface area contributed by atoms with Crippen molar-refractivity contribution < 1.29 is 14.3 Å². The second-order valence-electron chi connectivity index (χ2n) is 7.61. The van der Waals surface area contributed by atoms with E-state index in [-0.39, 0.29) is 24.8 Å². The molecule has 1 amide bonds. The Bertz CT molecular complexity index is 1210. The summed E-state index contributed by atoms with van der Waals surface area (Å²) in [5.74, 6) is 1.38. The van der Waals surface area contributed by atoms with E-state index in [2.05, 4.69) is 5.32 Å². The molecule has 0 unspecified atom stereocenters. The van der Waals surface area contributed by atoms with Crippen molar-refractivity contribution in [3.05, 3.63) is 56.0 Å². The summed E-state index contributed by atoms with van der Waals surface area (Å²) < 4.78 is 13.7. The van der Waals surface area contributed by atoms with Crippen LogP contribution in [0.5, 0.6) is 11.5 Å². The summed E-state index contributed by atoms with van der Waals surface area (Å²) in [6, 6.07) is 7.18. The molecule has 1 aromatic carbocycles. The molecule has 2 aromatic heterocycles. The van der Waals surface area contributed by atoms with Gasteiger partial charge in [-0.1, -0.05) is 19.9 Å². The molecule has 0 fully saturated rings. The van der Waals surface area contributed by atoms with Crippen LogP contribution < -0.4 is 26.0 Å². The SMILES string of the molecule is CC(C)CCn1c(=O)c2sccc2n(CC(=O)NCc2ccc3c(c2)OCO3)c1=O. The number of nitrogens with zero attached hydrogens (tertiary/aromatic N) is 2. The van der Waals surface area contributed by atoms with Gasteiger partial charge in [-0.15, -0.1) is 11.3 Å². The molecule has 4 rings (SSSR count). The Morgan fingerprint density at radius 1 is 1.17 bits per heavy atom. The van der Waals surface area contributed by atoms with E-state index in [0.717, 1.165) is 5.56 Å². The van der Waals surface area contributed by atoms with E-state index in [0.29, 0.717) is 47.1 Å². The Balaban J connectivity index is 1.54. The Morgan fingerprint density at radius 2 is 1.97 bits per heavy atom.